The Balaban J connectivity index is 1.60. The average molecular weight is 330 g/mol. The molecule has 3 nitrogen and oxygen atoms in total. The van der Waals surface area contributed by atoms with Gasteiger partial charge in [0.25, 0.3) is 0 Å². The van der Waals surface area contributed by atoms with Gasteiger partial charge in [0.2, 0.25) is 0 Å². The predicted molar refractivity (Wildman–Crippen MR) is 95.7 cm³/mol. The molecular formula is C19H26N2OS. The molecule has 0 amide bonds. The summed E-state index contributed by atoms with van der Waals surface area (Å²) in [6, 6.07) is 8.64. The van der Waals surface area contributed by atoms with E-state index in [2.05, 4.69) is 46.5 Å². The highest BCUT2D eigenvalue weighted by molar-refractivity contribution is 7.09. The van der Waals surface area contributed by atoms with Crippen molar-refractivity contribution in [2.45, 2.75) is 32.7 Å². The van der Waals surface area contributed by atoms with E-state index in [4.69, 9.17) is 4.74 Å². The SMILES string of the molecule is CCOCC1(CCc2cccs2)CCN(Cc2ccncc2)C1. The van der Waals surface area contributed by atoms with Crippen molar-refractivity contribution < 1.29 is 4.74 Å². The van der Waals surface area contributed by atoms with Crippen LogP contribution in [0.3, 0.4) is 0 Å². The lowest BCUT2D eigenvalue weighted by Crippen LogP contribution is -2.32. The smallest absolute Gasteiger partial charge is 0.0535 e. The molecule has 4 heteroatoms. The van der Waals surface area contributed by atoms with Crippen molar-refractivity contribution in [2.75, 3.05) is 26.3 Å². The molecule has 3 rings (SSSR count). The van der Waals surface area contributed by atoms with Gasteiger partial charge in [0, 0.05) is 42.4 Å². The highest BCUT2D eigenvalue weighted by atomic mass is 32.1. The standard InChI is InChI=1S/C19H26N2OS/c1-2-22-16-19(8-5-18-4-3-13-23-18)9-12-21(15-19)14-17-6-10-20-11-7-17/h3-4,6-7,10-11,13H,2,5,8-9,12,14-16H2,1H3. The lowest BCUT2D eigenvalue weighted by atomic mass is 9.83. The second kappa shape index (κ2) is 8.04. The molecule has 0 saturated carbocycles. The van der Waals surface area contributed by atoms with E-state index in [9.17, 15) is 0 Å². The Bertz CT molecular complexity index is 572. The number of hydrogen-bond acceptors (Lipinski definition) is 4. The van der Waals surface area contributed by atoms with Gasteiger partial charge in [-0.1, -0.05) is 6.07 Å². The van der Waals surface area contributed by atoms with Crippen LogP contribution < -0.4 is 0 Å². The van der Waals surface area contributed by atoms with E-state index in [-0.39, 0.29) is 0 Å². The molecule has 3 heterocycles. The van der Waals surface area contributed by atoms with Crippen LogP contribution in [0, 0.1) is 5.41 Å². The molecule has 124 valence electrons. The van der Waals surface area contributed by atoms with Crippen molar-refractivity contribution in [1.29, 1.82) is 0 Å². The van der Waals surface area contributed by atoms with Crippen molar-refractivity contribution in [2.24, 2.45) is 5.41 Å². The van der Waals surface area contributed by atoms with Crippen LogP contribution in [-0.4, -0.2) is 36.2 Å². The molecule has 0 radical (unpaired) electrons. The van der Waals surface area contributed by atoms with Crippen molar-refractivity contribution in [3.05, 3.63) is 52.5 Å². The molecule has 0 aliphatic carbocycles. The minimum absolute atomic E-state index is 0.313. The van der Waals surface area contributed by atoms with Gasteiger partial charge in [-0.15, -0.1) is 11.3 Å². The Kier molecular flexibility index (Phi) is 5.81. The quantitative estimate of drug-likeness (QED) is 0.731. The van der Waals surface area contributed by atoms with Crippen molar-refractivity contribution in [1.82, 2.24) is 9.88 Å². The molecule has 1 atom stereocenters. The first-order valence-corrected chi connectivity index (χ1v) is 9.39. The normalized spacial score (nSPS) is 21.8. The molecule has 1 fully saturated rings. The molecule has 0 N–H and O–H groups in total. The Labute approximate surface area is 143 Å². The number of pyridine rings is 1. The highest BCUT2D eigenvalue weighted by Gasteiger charge is 2.37. The second-order valence-electron chi connectivity index (χ2n) is 6.53. The third-order valence-corrected chi connectivity index (χ3v) is 5.70. The fraction of sp³-hybridized carbons (Fsp3) is 0.526. The second-order valence-corrected chi connectivity index (χ2v) is 7.56. The van der Waals surface area contributed by atoms with Gasteiger partial charge in [-0.2, -0.15) is 0 Å². The van der Waals surface area contributed by atoms with Crippen LogP contribution in [0.1, 0.15) is 30.2 Å². The van der Waals surface area contributed by atoms with Gasteiger partial charge >= 0.3 is 0 Å². The molecule has 1 unspecified atom stereocenters. The number of hydrogen-bond donors (Lipinski definition) is 0. The van der Waals surface area contributed by atoms with Crippen LogP contribution in [0.2, 0.25) is 0 Å². The summed E-state index contributed by atoms with van der Waals surface area (Å²) in [5.74, 6) is 0. The molecule has 1 saturated heterocycles. The molecule has 1 aliphatic rings. The van der Waals surface area contributed by atoms with E-state index in [0.29, 0.717) is 5.41 Å². The van der Waals surface area contributed by atoms with E-state index in [1.807, 2.05) is 23.7 Å². The first kappa shape index (κ1) is 16.6. The van der Waals surface area contributed by atoms with E-state index in [0.717, 1.165) is 26.3 Å². The molecule has 1 aliphatic heterocycles. The van der Waals surface area contributed by atoms with E-state index >= 15 is 0 Å². The van der Waals surface area contributed by atoms with Gasteiger partial charge in [-0.05, 0) is 61.9 Å². The number of rotatable bonds is 8. The lowest BCUT2D eigenvalue weighted by Gasteiger charge is -2.29. The van der Waals surface area contributed by atoms with Gasteiger partial charge in [0.1, 0.15) is 0 Å². The molecule has 2 aromatic heterocycles. The topological polar surface area (TPSA) is 25.4 Å². The van der Waals surface area contributed by atoms with Gasteiger partial charge in [0.15, 0.2) is 0 Å². The number of ether oxygens (including phenoxy) is 1. The van der Waals surface area contributed by atoms with Gasteiger partial charge in [0.05, 0.1) is 6.61 Å². The Morgan fingerprint density at radius 1 is 1.30 bits per heavy atom. The zero-order valence-electron chi connectivity index (χ0n) is 13.9. The van der Waals surface area contributed by atoms with Crippen LogP contribution in [0.25, 0.3) is 0 Å². The zero-order valence-corrected chi connectivity index (χ0v) is 14.7. The summed E-state index contributed by atoms with van der Waals surface area (Å²) >= 11 is 1.87. The van der Waals surface area contributed by atoms with Gasteiger partial charge in [-0.25, -0.2) is 0 Å². The van der Waals surface area contributed by atoms with Crippen molar-refractivity contribution in [3.63, 3.8) is 0 Å². The number of nitrogens with zero attached hydrogens (tertiary/aromatic N) is 2. The maximum absolute atomic E-state index is 5.86. The molecule has 0 aromatic carbocycles. The maximum Gasteiger partial charge on any atom is 0.0535 e. The summed E-state index contributed by atoms with van der Waals surface area (Å²) in [6.45, 7) is 7.12. The first-order valence-electron chi connectivity index (χ1n) is 8.51. The number of likely N-dealkylation sites (tertiary alicyclic amines) is 1. The van der Waals surface area contributed by atoms with Crippen LogP contribution >= 0.6 is 11.3 Å². The van der Waals surface area contributed by atoms with Crippen LogP contribution in [0.4, 0.5) is 0 Å². The van der Waals surface area contributed by atoms with Crippen molar-refractivity contribution in [3.8, 4) is 0 Å². The summed E-state index contributed by atoms with van der Waals surface area (Å²) in [4.78, 5) is 8.18. The summed E-state index contributed by atoms with van der Waals surface area (Å²) < 4.78 is 5.86. The highest BCUT2D eigenvalue weighted by Crippen LogP contribution is 2.36. The number of thiophene rings is 1. The fourth-order valence-corrected chi connectivity index (χ4v) is 4.17. The summed E-state index contributed by atoms with van der Waals surface area (Å²) in [5, 5.41) is 2.18. The molecular weight excluding hydrogens is 304 g/mol. The van der Waals surface area contributed by atoms with Crippen LogP contribution in [-0.2, 0) is 17.7 Å². The summed E-state index contributed by atoms with van der Waals surface area (Å²) in [6.07, 6.45) is 7.41. The molecule has 0 spiro atoms. The van der Waals surface area contributed by atoms with Crippen molar-refractivity contribution >= 4 is 11.3 Å². The van der Waals surface area contributed by atoms with E-state index in [1.165, 1.54) is 36.2 Å². The third-order valence-electron chi connectivity index (χ3n) is 4.77. The van der Waals surface area contributed by atoms with Crippen LogP contribution in [0.15, 0.2) is 42.0 Å². The van der Waals surface area contributed by atoms with E-state index < -0.39 is 0 Å². The Hall–Kier alpha value is -1.23. The molecule has 2 aromatic rings. The molecule has 0 bridgehead atoms. The predicted octanol–water partition coefficient (Wildman–Crippen LogP) is 4.00. The summed E-state index contributed by atoms with van der Waals surface area (Å²) in [5.41, 5.74) is 1.66. The number of aromatic nitrogens is 1. The largest absolute Gasteiger partial charge is 0.381 e. The average Bonchev–Trinajstić information content (AvgIpc) is 3.23. The minimum atomic E-state index is 0.313. The third kappa shape index (κ3) is 4.63. The number of aryl methyl sites for hydroxylation is 1. The maximum atomic E-state index is 5.86. The first-order chi connectivity index (χ1) is 11.3. The van der Waals surface area contributed by atoms with Crippen LogP contribution in [0.5, 0.6) is 0 Å². The minimum Gasteiger partial charge on any atom is -0.381 e. The Morgan fingerprint density at radius 3 is 2.91 bits per heavy atom. The fourth-order valence-electron chi connectivity index (χ4n) is 3.46. The van der Waals surface area contributed by atoms with Gasteiger partial charge in [-0.3, -0.25) is 9.88 Å². The zero-order chi connectivity index (χ0) is 16.0. The lowest BCUT2D eigenvalue weighted by molar-refractivity contribution is 0.0490. The Morgan fingerprint density at radius 2 is 2.17 bits per heavy atom. The molecule has 23 heavy (non-hydrogen) atoms. The summed E-state index contributed by atoms with van der Waals surface area (Å²) in [7, 11) is 0. The van der Waals surface area contributed by atoms with Gasteiger partial charge < -0.3 is 4.74 Å². The van der Waals surface area contributed by atoms with E-state index in [1.54, 1.807) is 0 Å². The monoisotopic (exact) mass is 330 g/mol.